The van der Waals surface area contributed by atoms with Crippen LogP contribution in [-0.4, -0.2) is 21.3 Å². The Kier molecular flexibility index (Phi) is 3.74. The third-order valence-electron chi connectivity index (χ3n) is 4.08. The first-order valence-electron chi connectivity index (χ1n) is 7.86. The molecule has 0 radical (unpaired) electrons. The topological polar surface area (TPSA) is 42.7 Å². The monoisotopic (exact) mass is 302 g/mol. The van der Waals surface area contributed by atoms with E-state index in [0.717, 1.165) is 25.2 Å². The van der Waals surface area contributed by atoms with Gasteiger partial charge >= 0.3 is 0 Å². The van der Waals surface area contributed by atoms with Crippen LogP contribution in [0.4, 0.5) is 0 Å². The molecule has 2 aromatic carbocycles. The summed E-state index contributed by atoms with van der Waals surface area (Å²) in [6.07, 6.45) is 3.77. The second kappa shape index (κ2) is 6.18. The lowest BCUT2D eigenvalue weighted by atomic mass is 10.1. The average Bonchev–Trinajstić information content (AvgIpc) is 3.02. The first-order valence-corrected chi connectivity index (χ1v) is 7.86. The Hall–Kier alpha value is -2.72. The van der Waals surface area contributed by atoms with Crippen molar-refractivity contribution in [1.82, 2.24) is 20.1 Å². The molecule has 0 unspecified atom stereocenters. The predicted octanol–water partition coefficient (Wildman–Crippen LogP) is 3.37. The lowest BCUT2D eigenvalue weighted by molar-refractivity contribution is 0.568. The van der Waals surface area contributed by atoms with Gasteiger partial charge in [-0.05, 0) is 17.7 Å². The zero-order valence-corrected chi connectivity index (χ0v) is 12.8. The summed E-state index contributed by atoms with van der Waals surface area (Å²) in [5.41, 5.74) is 3.49. The van der Waals surface area contributed by atoms with E-state index in [9.17, 15) is 0 Å². The van der Waals surface area contributed by atoms with Gasteiger partial charge in [-0.15, -0.1) is 0 Å². The third-order valence-corrected chi connectivity index (χ3v) is 4.08. The average molecular weight is 302 g/mol. The Balaban J connectivity index is 1.42. The molecule has 4 nitrogen and oxygen atoms in total. The van der Waals surface area contributed by atoms with Crippen LogP contribution in [0.5, 0.6) is 0 Å². The normalized spacial score (nSPS) is 11.3. The van der Waals surface area contributed by atoms with Crippen molar-refractivity contribution in [3.05, 3.63) is 72.6 Å². The van der Waals surface area contributed by atoms with Crippen molar-refractivity contribution in [2.45, 2.75) is 13.1 Å². The number of rotatable bonds is 5. The van der Waals surface area contributed by atoms with Crippen molar-refractivity contribution in [1.29, 1.82) is 0 Å². The first kappa shape index (κ1) is 13.9. The minimum Gasteiger partial charge on any atom is -0.311 e. The van der Waals surface area contributed by atoms with Crippen LogP contribution < -0.4 is 5.32 Å². The van der Waals surface area contributed by atoms with E-state index in [1.165, 1.54) is 21.9 Å². The van der Waals surface area contributed by atoms with Gasteiger partial charge in [0.1, 0.15) is 0 Å². The fourth-order valence-corrected chi connectivity index (χ4v) is 2.92. The van der Waals surface area contributed by atoms with Crippen molar-refractivity contribution < 1.29 is 0 Å². The van der Waals surface area contributed by atoms with Gasteiger partial charge < -0.3 is 5.32 Å². The summed E-state index contributed by atoms with van der Waals surface area (Å²) in [5, 5.41) is 10.3. The van der Waals surface area contributed by atoms with Crippen molar-refractivity contribution in [2.24, 2.45) is 0 Å². The number of aromatic nitrogens is 3. The van der Waals surface area contributed by atoms with Crippen LogP contribution >= 0.6 is 0 Å². The Morgan fingerprint density at radius 3 is 2.78 bits per heavy atom. The molecule has 0 aliphatic rings. The van der Waals surface area contributed by atoms with Gasteiger partial charge in [-0.2, -0.15) is 5.10 Å². The molecule has 0 aliphatic heterocycles. The van der Waals surface area contributed by atoms with E-state index in [4.69, 9.17) is 0 Å². The molecule has 0 fully saturated rings. The highest BCUT2D eigenvalue weighted by Gasteiger charge is 2.03. The number of hydrogen-bond acceptors (Lipinski definition) is 3. The number of pyridine rings is 1. The molecule has 0 saturated carbocycles. The molecule has 114 valence electrons. The highest BCUT2D eigenvalue weighted by atomic mass is 15.3. The molecule has 23 heavy (non-hydrogen) atoms. The molecule has 0 bridgehead atoms. The van der Waals surface area contributed by atoms with E-state index in [2.05, 4.69) is 57.9 Å². The Bertz CT molecular complexity index is 937. The maximum atomic E-state index is 4.49. The number of para-hydroxylation sites is 2. The second-order valence-corrected chi connectivity index (χ2v) is 5.60. The minimum atomic E-state index is 0.813. The van der Waals surface area contributed by atoms with Crippen LogP contribution in [-0.2, 0) is 13.1 Å². The van der Waals surface area contributed by atoms with Gasteiger partial charge in [0.25, 0.3) is 0 Å². The molecule has 4 aromatic rings. The van der Waals surface area contributed by atoms with E-state index in [-0.39, 0.29) is 0 Å². The lowest BCUT2D eigenvalue weighted by Crippen LogP contribution is -2.20. The van der Waals surface area contributed by atoms with Crippen molar-refractivity contribution in [3.63, 3.8) is 0 Å². The third kappa shape index (κ3) is 2.81. The number of benzene rings is 2. The Morgan fingerprint density at radius 1 is 0.913 bits per heavy atom. The maximum absolute atomic E-state index is 4.49. The van der Waals surface area contributed by atoms with Crippen LogP contribution in [0.3, 0.4) is 0 Å². The SMILES string of the molecule is c1cnc2c(CNCCn3ncc4ccccc43)cccc2c1. The Labute approximate surface area is 134 Å². The molecular weight excluding hydrogens is 284 g/mol. The molecule has 4 rings (SSSR count). The molecular formula is C19H18N4. The van der Waals surface area contributed by atoms with Gasteiger partial charge in [-0.25, -0.2) is 0 Å². The van der Waals surface area contributed by atoms with Crippen molar-refractivity contribution in [2.75, 3.05) is 6.54 Å². The van der Waals surface area contributed by atoms with E-state index in [1.54, 1.807) is 0 Å². The Morgan fingerprint density at radius 2 is 1.78 bits per heavy atom. The van der Waals surface area contributed by atoms with Gasteiger partial charge in [0.05, 0.1) is 23.8 Å². The molecule has 0 atom stereocenters. The van der Waals surface area contributed by atoms with Crippen LogP contribution in [0.15, 0.2) is 67.0 Å². The van der Waals surface area contributed by atoms with Crippen LogP contribution in [0.25, 0.3) is 21.8 Å². The largest absolute Gasteiger partial charge is 0.311 e. The van der Waals surface area contributed by atoms with Gasteiger partial charge in [-0.1, -0.05) is 42.5 Å². The molecule has 4 heteroatoms. The number of fused-ring (bicyclic) bond motifs is 2. The van der Waals surface area contributed by atoms with E-state index >= 15 is 0 Å². The summed E-state index contributed by atoms with van der Waals surface area (Å²) in [5.74, 6) is 0. The standard InChI is InChI=1S/C19H18N4/c1-2-9-18-16(5-1)14-22-23(18)12-11-20-13-17-7-3-6-15-8-4-10-21-19(15)17/h1-10,14,20H,11-13H2. The van der Waals surface area contributed by atoms with Crippen molar-refractivity contribution >= 4 is 21.8 Å². The number of hydrogen-bond donors (Lipinski definition) is 1. The lowest BCUT2D eigenvalue weighted by Gasteiger charge is -2.08. The maximum Gasteiger partial charge on any atom is 0.0746 e. The zero-order valence-electron chi connectivity index (χ0n) is 12.8. The van der Waals surface area contributed by atoms with Crippen LogP contribution in [0, 0.1) is 0 Å². The fourth-order valence-electron chi connectivity index (χ4n) is 2.92. The van der Waals surface area contributed by atoms with E-state index in [1.807, 2.05) is 29.2 Å². The van der Waals surface area contributed by atoms with E-state index in [0.29, 0.717) is 0 Å². The smallest absolute Gasteiger partial charge is 0.0746 e. The summed E-state index contributed by atoms with van der Waals surface area (Å²) in [6, 6.07) is 18.7. The van der Waals surface area contributed by atoms with Crippen molar-refractivity contribution in [3.8, 4) is 0 Å². The predicted molar refractivity (Wildman–Crippen MR) is 93.2 cm³/mol. The second-order valence-electron chi connectivity index (χ2n) is 5.60. The summed E-state index contributed by atoms with van der Waals surface area (Å²) >= 11 is 0. The molecule has 0 amide bonds. The van der Waals surface area contributed by atoms with Crippen LogP contribution in [0.1, 0.15) is 5.56 Å². The molecule has 1 N–H and O–H groups in total. The van der Waals surface area contributed by atoms with Gasteiger partial charge in [0, 0.05) is 30.1 Å². The first-order chi connectivity index (χ1) is 11.4. The highest BCUT2D eigenvalue weighted by molar-refractivity contribution is 5.81. The molecule has 0 saturated heterocycles. The molecule has 0 spiro atoms. The number of nitrogens with zero attached hydrogens (tertiary/aromatic N) is 3. The summed E-state index contributed by atoms with van der Waals surface area (Å²) in [7, 11) is 0. The van der Waals surface area contributed by atoms with Gasteiger partial charge in [0.2, 0.25) is 0 Å². The summed E-state index contributed by atoms with van der Waals surface area (Å²) in [6.45, 7) is 2.54. The van der Waals surface area contributed by atoms with Gasteiger partial charge in [-0.3, -0.25) is 9.67 Å². The highest BCUT2D eigenvalue weighted by Crippen LogP contribution is 2.15. The fraction of sp³-hybridized carbons (Fsp3) is 0.158. The molecule has 2 aromatic heterocycles. The summed E-state index contributed by atoms with van der Waals surface area (Å²) < 4.78 is 2.05. The number of nitrogens with one attached hydrogen (secondary N) is 1. The van der Waals surface area contributed by atoms with Gasteiger partial charge in [0.15, 0.2) is 0 Å². The van der Waals surface area contributed by atoms with Crippen LogP contribution in [0.2, 0.25) is 0 Å². The van der Waals surface area contributed by atoms with E-state index < -0.39 is 0 Å². The quantitative estimate of drug-likeness (QED) is 0.575. The molecule has 2 heterocycles. The summed E-state index contributed by atoms with van der Waals surface area (Å²) in [4.78, 5) is 4.49. The zero-order chi connectivity index (χ0) is 15.5. The minimum absolute atomic E-state index is 0.813. The molecule has 0 aliphatic carbocycles.